The van der Waals surface area contributed by atoms with Crippen molar-refractivity contribution in [1.29, 1.82) is 0 Å². The summed E-state index contributed by atoms with van der Waals surface area (Å²) in [7, 11) is 5.41. The third-order valence-electron chi connectivity index (χ3n) is 4.35. The predicted molar refractivity (Wildman–Crippen MR) is 86.2 cm³/mol. The Bertz CT molecular complexity index is 450. The van der Waals surface area contributed by atoms with Crippen LogP contribution in [-0.4, -0.2) is 45.8 Å². The molecule has 0 amide bonds. The van der Waals surface area contributed by atoms with E-state index >= 15 is 0 Å². The first-order valence-electron chi connectivity index (χ1n) is 7.79. The van der Waals surface area contributed by atoms with E-state index < -0.39 is 0 Å². The predicted octanol–water partition coefficient (Wildman–Crippen LogP) is 2.70. The maximum atomic E-state index is 5.54. The molecule has 0 bridgehead atoms. The van der Waals surface area contributed by atoms with Gasteiger partial charge in [-0.2, -0.15) is 0 Å². The Morgan fingerprint density at radius 2 is 2.14 bits per heavy atom. The van der Waals surface area contributed by atoms with Crippen LogP contribution in [0.4, 0.5) is 0 Å². The van der Waals surface area contributed by atoms with Crippen LogP contribution in [0, 0.1) is 5.92 Å². The number of piperidine rings is 1. The smallest absolute Gasteiger partial charge is 0.127 e. The van der Waals surface area contributed by atoms with Crippen molar-refractivity contribution < 1.29 is 9.47 Å². The van der Waals surface area contributed by atoms with Gasteiger partial charge in [0.2, 0.25) is 0 Å². The molecule has 0 spiro atoms. The molecule has 0 saturated carbocycles. The topological polar surface area (TPSA) is 33.7 Å². The van der Waals surface area contributed by atoms with Gasteiger partial charge in [0.1, 0.15) is 11.5 Å². The number of hydrogen-bond donors (Lipinski definition) is 1. The third-order valence-corrected chi connectivity index (χ3v) is 4.35. The highest BCUT2D eigenvalue weighted by molar-refractivity contribution is 5.42. The largest absolute Gasteiger partial charge is 0.497 e. The minimum Gasteiger partial charge on any atom is -0.497 e. The van der Waals surface area contributed by atoms with Crippen molar-refractivity contribution in [3.8, 4) is 11.5 Å². The SMILES string of the molecule is CNC(CN1CCCC(C)C1)c1ccc(OC)cc1OC. The first-order chi connectivity index (χ1) is 10.2. The molecule has 0 aliphatic carbocycles. The molecule has 2 unspecified atom stereocenters. The van der Waals surface area contributed by atoms with E-state index in [0.717, 1.165) is 24.0 Å². The Labute approximate surface area is 128 Å². The fourth-order valence-corrected chi connectivity index (χ4v) is 3.16. The number of methoxy groups -OCH3 is 2. The summed E-state index contributed by atoms with van der Waals surface area (Å²) in [5, 5.41) is 3.43. The molecule has 2 rings (SSSR count). The molecule has 1 heterocycles. The van der Waals surface area contributed by atoms with E-state index in [2.05, 4.69) is 23.2 Å². The van der Waals surface area contributed by atoms with Crippen molar-refractivity contribution >= 4 is 0 Å². The van der Waals surface area contributed by atoms with Crippen LogP contribution < -0.4 is 14.8 Å². The van der Waals surface area contributed by atoms with Crippen LogP contribution in [0.1, 0.15) is 31.4 Å². The number of nitrogens with one attached hydrogen (secondary N) is 1. The Morgan fingerprint density at radius 3 is 2.76 bits per heavy atom. The zero-order chi connectivity index (χ0) is 15.2. The number of likely N-dealkylation sites (tertiary alicyclic amines) is 1. The molecule has 1 aliphatic heterocycles. The maximum absolute atomic E-state index is 5.54. The summed E-state index contributed by atoms with van der Waals surface area (Å²) in [6.45, 7) is 5.75. The summed E-state index contributed by atoms with van der Waals surface area (Å²) in [4.78, 5) is 2.55. The molecule has 21 heavy (non-hydrogen) atoms. The van der Waals surface area contributed by atoms with Gasteiger partial charge in [-0.15, -0.1) is 0 Å². The van der Waals surface area contributed by atoms with Crippen LogP contribution in [0.2, 0.25) is 0 Å². The third kappa shape index (κ3) is 4.11. The van der Waals surface area contributed by atoms with Gasteiger partial charge in [-0.25, -0.2) is 0 Å². The van der Waals surface area contributed by atoms with Crippen molar-refractivity contribution in [3.05, 3.63) is 23.8 Å². The van der Waals surface area contributed by atoms with E-state index in [4.69, 9.17) is 9.47 Å². The summed E-state index contributed by atoms with van der Waals surface area (Å²) in [5.41, 5.74) is 1.19. The normalized spacial score (nSPS) is 21.0. The second-order valence-electron chi connectivity index (χ2n) is 5.96. The van der Waals surface area contributed by atoms with Gasteiger partial charge in [-0.1, -0.05) is 13.0 Å². The fraction of sp³-hybridized carbons (Fsp3) is 0.647. The highest BCUT2D eigenvalue weighted by atomic mass is 16.5. The zero-order valence-electron chi connectivity index (χ0n) is 13.7. The molecule has 1 fully saturated rings. The highest BCUT2D eigenvalue weighted by Crippen LogP contribution is 2.30. The van der Waals surface area contributed by atoms with Gasteiger partial charge in [0, 0.05) is 30.8 Å². The van der Waals surface area contributed by atoms with Crippen molar-refractivity contribution in [3.63, 3.8) is 0 Å². The molecule has 0 radical (unpaired) electrons. The quantitative estimate of drug-likeness (QED) is 0.874. The number of benzene rings is 1. The summed E-state index contributed by atoms with van der Waals surface area (Å²) >= 11 is 0. The van der Waals surface area contributed by atoms with E-state index in [0.29, 0.717) is 0 Å². The molecular formula is C17H28N2O2. The average Bonchev–Trinajstić information content (AvgIpc) is 2.52. The molecule has 4 nitrogen and oxygen atoms in total. The van der Waals surface area contributed by atoms with Crippen LogP contribution in [0.3, 0.4) is 0 Å². The standard InChI is InChI=1S/C17H28N2O2/c1-13-6-5-9-19(11-13)12-16(18-2)15-8-7-14(20-3)10-17(15)21-4/h7-8,10,13,16,18H,5-6,9,11-12H2,1-4H3. The van der Waals surface area contributed by atoms with Crippen molar-refractivity contribution in [2.45, 2.75) is 25.8 Å². The summed E-state index contributed by atoms with van der Waals surface area (Å²) in [5.74, 6) is 2.52. The molecule has 1 N–H and O–H groups in total. The minimum absolute atomic E-state index is 0.274. The molecule has 0 aromatic heterocycles. The molecule has 1 aromatic carbocycles. The molecule has 1 aliphatic rings. The highest BCUT2D eigenvalue weighted by Gasteiger charge is 2.22. The number of ether oxygens (including phenoxy) is 2. The van der Waals surface area contributed by atoms with Gasteiger partial charge in [0.15, 0.2) is 0 Å². The molecule has 1 aromatic rings. The lowest BCUT2D eigenvalue weighted by molar-refractivity contribution is 0.168. The van der Waals surface area contributed by atoms with Gasteiger partial charge in [-0.3, -0.25) is 0 Å². The molecular weight excluding hydrogens is 264 g/mol. The monoisotopic (exact) mass is 292 g/mol. The Morgan fingerprint density at radius 1 is 1.33 bits per heavy atom. The number of hydrogen-bond acceptors (Lipinski definition) is 4. The van der Waals surface area contributed by atoms with Crippen LogP contribution in [-0.2, 0) is 0 Å². The van der Waals surface area contributed by atoms with Crippen LogP contribution in [0.15, 0.2) is 18.2 Å². The Balaban J connectivity index is 2.12. The second-order valence-corrected chi connectivity index (χ2v) is 5.96. The van der Waals surface area contributed by atoms with Gasteiger partial charge < -0.3 is 19.7 Å². The second kappa shape index (κ2) is 7.66. The molecule has 4 heteroatoms. The molecule has 118 valence electrons. The van der Waals surface area contributed by atoms with Crippen LogP contribution >= 0.6 is 0 Å². The number of nitrogens with zero attached hydrogens (tertiary/aromatic N) is 1. The van der Waals surface area contributed by atoms with E-state index in [1.807, 2.05) is 19.2 Å². The first-order valence-corrected chi connectivity index (χ1v) is 7.79. The number of likely N-dealkylation sites (N-methyl/N-ethyl adjacent to an activating group) is 1. The Hall–Kier alpha value is -1.26. The maximum Gasteiger partial charge on any atom is 0.127 e. The van der Waals surface area contributed by atoms with Crippen LogP contribution in [0.25, 0.3) is 0 Å². The fourth-order valence-electron chi connectivity index (χ4n) is 3.16. The van der Waals surface area contributed by atoms with Gasteiger partial charge in [0.05, 0.1) is 14.2 Å². The van der Waals surface area contributed by atoms with Crippen molar-refractivity contribution in [2.24, 2.45) is 5.92 Å². The van der Waals surface area contributed by atoms with Gasteiger partial charge in [0.25, 0.3) is 0 Å². The van der Waals surface area contributed by atoms with Crippen molar-refractivity contribution in [2.75, 3.05) is 40.9 Å². The van der Waals surface area contributed by atoms with Gasteiger partial charge >= 0.3 is 0 Å². The summed E-state index contributed by atoms with van der Waals surface area (Å²) in [6.07, 6.45) is 2.66. The molecule has 1 saturated heterocycles. The van der Waals surface area contributed by atoms with E-state index in [9.17, 15) is 0 Å². The Kier molecular flexibility index (Phi) is 5.88. The first kappa shape index (κ1) is 16.1. The van der Waals surface area contributed by atoms with E-state index in [1.54, 1.807) is 14.2 Å². The zero-order valence-corrected chi connectivity index (χ0v) is 13.7. The van der Waals surface area contributed by atoms with Crippen molar-refractivity contribution in [1.82, 2.24) is 10.2 Å². The summed E-state index contributed by atoms with van der Waals surface area (Å²) in [6, 6.07) is 6.34. The minimum atomic E-state index is 0.274. The number of rotatable bonds is 6. The lowest BCUT2D eigenvalue weighted by atomic mass is 9.98. The van der Waals surface area contributed by atoms with Gasteiger partial charge in [-0.05, 0) is 38.4 Å². The lowest BCUT2D eigenvalue weighted by Gasteiger charge is -2.34. The average molecular weight is 292 g/mol. The summed E-state index contributed by atoms with van der Waals surface area (Å²) < 4.78 is 10.8. The lowest BCUT2D eigenvalue weighted by Crippen LogP contribution is -2.40. The van der Waals surface area contributed by atoms with E-state index in [-0.39, 0.29) is 6.04 Å². The molecule has 2 atom stereocenters. The van der Waals surface area contributed by atoms with Crippen LogP contribution in [0.5, 0.6) is 11.5 Å². The van der Waals surface area contributed by atoms with E-state index in [1.165, 1.54) is 31.5 Å².